The molecule has 0 radical (unpaired) electrons. The van der Waals surface area contributed by atoms with E-state index in [0.717, 1.165) is 10.7 Å². The molecule has 8 heteroatoms. The second-order valence-corrected chi connectivity index (χ2v) is 3.76. The molecule has 20 heavy (non-hydrogen) atoms. The van der Waals surface area contributed by atoms with Crippen LogP contribution in [0.1, 0.15) is 17.3 Å². The molecule has 0 spiro atoms. The zero-order valence-corrected chi connectivity index (χ0v) is 10.4. The third-order valence-corrected chi connectivity index (χ3v) is 2.49. The van der Waals surface area contributed by atoms with Crippen molar-refractivity contribution < 1.29 is 18.8 Å². The molecule has 1 aromatic carbocycles. The summed E-state index contributed by atoms with van der Waals surface area (Å²) in [5.74, 6) is -1.57. The van der Waals surface area contributed by atoms with Crippen LogP contribution in [0.3, 0.4) is 0 Å². The van der Waals surface area contributed by atoms with E-state index in [1.807, 2.05) is 0 Å². The van der Waals surface area contributed by atoms with Gasteiger partial charge in [0.25, 0.3) is 0 Å². The second kappa shape index (κ2) is 5.47. The predicted molar refractivity (Wildman–Crippen MR) is 66.1 cm³/mol. The number of carbonyl (C=O) groups excluding carboxylic acids is 1. The maximum atomic E-state index is 13.5. The number of aromatic nitrogens is 2. The fourth-order valence-electron chi connectivity index (χ4n) is 1.64. The Labute approximate surface area is 112 Å². The Morgan fingerprint density at radius 1 is 1.55 bits per heavy atom. The molecule has 0 saturated carbocycles. The molecule has 104 valence electrons. The first-order valence-corrected chi connectivity index (χ1v) is 5.69. The van der Waals surface area contributed by atoms with Crippen LogP contribution in [0.2, 0.25) is 0 Å². The smallest absolute Gasteiger partial charge is 0.341 e. The molecule has 2 rings (SSSR count). The van der Waals surface area contributed by atoms with Crippen LogP contribution in [0.15, 0.2) is 30.6 Å². The van der Waals surface area contributed by atoms with E-state index in [-0.39, 0.29) is 17.9 Å². The Morgan fingerprint density at radius 3 is 2.95 bits per heavy atom. The van der Waals surface area contributed by atoms with Crippen LogP contribution >= 0.6 is 0 Å². The second-order valence-electron chi connectivity index (χ2n) is 3.76. The summed E-state index contributed by atoms with van der Waals surface area (Å²) in [6.45, 7) is 1.85. The normalized spacial score (nSPS) is 10.3. The molecule has 0 atom stereocenters. The highest BCUT2D eigenvalue weighted by Gasteiger charge is 2.22. The number of esters is 1. The van der Waals surface area contributed by atoms with Gasteiger partial charge in [0.1, 0.15) is 5.69 Å². The minimum atomic E-state index is -0.972. The molecule has 0 unspecified atom stereocenters. The van der Waals surface area contributed by atoms with Gasteiger partial charge in [-0.3, -0.25) is 10.1 Å². The van der Waals surface area contributed by atoms with Crippen molar-refractivity contribution >= 4 is 11.7 Å². The van der Waals surface area contributed by atoms with Crippen molar-refractivity contribution in [3.8, 4) is 5.69 Å². The Kier molecular flexibility index (Phi) is 3.74. The Morgan fingerprint density at radius 2 is 2.30 bits per heavy atom. The maximum Gasteiger partial charge on any atom is 0.341 e. The lowest BCUT2D eigenvalue weighted by atomic mass is 10.2. The first kappa shape index (κ1) is 13.7. The van der Waals surface area contributed by atoms with Crippen molar-refractivity contribution in [3.63, 3.8) is 0 Å². The van der Waals surface area contributed by atoms with Crippen molar-refractivity contribution in [3.05, 3.63) is 52.1 Å². The van der Waals surface area contributed by atoms with E-state index in [1.54, 1.807) is 6.92 Å². The standard InChI is InChI=1S/C12H10FN3O4/c1-2-20-12(17)8-6-14-15(7-8)10-5-3-4-9(13)11(10)16(18)19/h3-7H,2H2,1H3. The summed E-state index contributed by atoms with van der Waals surface area (Å²) < 4.78 is 19.3. The van der Waals surface area contributed by atoms with Gasteiger partial charge in [-0.15, -0.1) is 0 Å². The number of carbonyl (C=O) groups is 1. The maximum absolute atomic E-state index is 13.5. The third kappa shape index (κ3) is 2.48. The lowest BCUT2D eigenvalue weighted by Crippen LogP contribution is -2.04. The molecule has 1 aromatic heterocycles. The minimum absolute atomic E-state index is 0.0643. The molecule has 0 amide bonds. The van der Waals surface area contributed by atoms with Crippen molar-refractivity contribution in [1.82, 2.24) is 9.78 Å². The van der Waals surface area contributed by atoms with Gasteiger partial charge in [0.05, 0.1) is 23.3 Å². The highest BCUT2D eigenvalue weighted by atomic mass is 19.1. The number of hydrogen-bond donors (Lipinski definition) is 0. The van der Waals surface area contributed by atoms with E-state index in [0.29, 0.717) is 0 Å². The van der Waals surface area contributed by atoms with Gasteiger partial charge in [-0.1, -0.05) is 6.07 Å². The quantitative estimate of drug-likeness (QED) is 0.486. The van der Waals surface area contributed by atoms with E-state index in [1.165, 1.54) is 24.5 Å². The first-order valence-electron chi connectivity index (χ1n) is 5.69. The van der Waals surface area contributed by atoms with Gasteiger partial charge < -0.3 is 4.74 Å². The SMILES string of the molecule is CCOC(=O)c1cnn(-c2cccc(F)c2[N+](=O)[O-])c1. The molecule has 7 nitrogen and oxygen atoms in total. The van der Waals surface area contributed by atoms with Crippen LogP contribution in [0.4, 0.5) is 10.1 Å². The first-order chi connectivity index (χ1) is 9.54. The van der Waals surface area contributed by atoms with E-state index in [4.69, 9.17) is 4.74 Å². The number of halogens is 1. The average Bonchev–Trinajstić information content (AvgIpc) is 2.87. The summed E-state index contributed by atoms with van der Waals surface area (Å²) in [5.41, 5.74) is -0.637. The number of nitro groups is 1. The number of ether oxygens (including phenoxy) is 1. The van der Waals surface area contributed by atoms with Gasteiger partial charge in [-0.05, 0) is 19.1 Å². The summed E-state index contributed by atoms with van der Waals surface area (Å²) in [6, 6.07) is 3.64. The predicted octanol–water partition coefficient (Wildman–Crippen LogP) is 2.10. The van der Waals surface area contributed by atoms with Crippen molar-refractivity contribution in [2.24, 2.45) is 0 Å². The number of nitrogens with zero attached hydrogens (tertiary/aromatic N) is 3. The fraction of sp³-hybridized carbons (Fsp3) is 0.167. The molecular formula is C12H10FN3O4. The summed E-state index contributed by atoms with van der Waals surface area (Å²) in [7, 11) is 0. The molecule has 0 aliphatic rings. The molecule has 0 fully saturated rings. The number of rotatable bonds is 4. The monoisotopic (exact) mass is 279 g/mol. The summed E-state index contributed by atoms with van der Waals surface area (Å²) in [6.07, 6.45) is 2.45. The highest BCUT2D eigenvalue weighted by Crippen LogP contribution is 2.25. The zero-order valence-electron chi connectivity index (χ0n) is 10.4. The molecule has 0 bridgehead atoms. The van der Waals surface area contributed by atoms with Crippen LogP contribution in [-0.2, 0) is 4.74 Å². The molecule has 0 aliphatic carbocycles. The molecule has 0 aliphatic heterocycles. The highest BCUT2D eigenvalue weighted by molar-refractivity contribution is 5.88. The van der Waals surface area contributed by atoms with Crippen LogP contribution in [0.5, 0.6) is 0 Å². The van der Waals surface area contributed by atoms with Gasteiger partial charge in [0.15, 0.2) is 0 Å². The Hall–Kier alpha value is -2.77. The van der Waals surface area contributed by atoms with Gasteiger partial charge in [-0.2, -0.15) is 9.49 Å². The molecule has 2 aromatic rings. The van der Waals surface area contributed by atoms with E-state index < -0.39 is 22.4 Å². The van der Waals surface area contributed by atoms with Crippen molar-refractivity contribution in [2.75, 3.05) is 6.61 Å². The Balaban J connectivity index is 2.45. The van der Waals surface area contributed by atoms with E-state index in [9.17, 15) is 19.3 Å². The largest absolute Gasteiger partial charge is 0.462 e. The molecular weight excluding hydrogens is 269 g/mol. The zero-order chi connectivity index (χ0) is 14.7. The number of benzene rings is 1. The van der Waals surface area contributed by atoms with E-state index >= 15 is 0 Å². The minimum Gasteiger partial charge on any atom is -0.462 e. The average molecular weight is 279 g/mol. The van der Waals surface area contributed by atoms with Gasteiger partial charge in [0, 0.05) is 6.20 Å². The van der Waals surface area contributed by atoms with Gasteiger partial charge in [-0.25, -0.2) is 9.48 Å². The summed E-state index contributed by atoms with van der Waals surface area (Å²) in [4.78, 5) is 21.5. The molecule has 0 N–H and O–H groups in total. The van der Waals surface area contributed by atoms with Gasteiger partial charge >= 0.3 is 11.7 Å². The van der Waals surface area contributed by atoms with Crippen LogP contribution < -0.4 is 0 Å². The lowest BCUT2D eigenvalue weighted by molar-refractivity contribution is -0.387. The fourth-order valence-corrected chi connectivity index (χ4v) is 1.64. The van der Waals surface area contributed by atoms with Crippen LogP contribution in [0.25, 0.3) is 5.69 Å². The third-order valence-electron chi connectivity index (χ3n) is 2.49. The number of nitro benzene ring substituents is 1. The van der Waals surface area contributed by atoms with Crippen LogP contribution in [0, 0.1) is 15.9 Å². The number of para-hydroxylation sites is 1. The van der Waals surface area contributed by atoms with Crippen LogP contribution in [-0.4, -0.2) is 27.3 Å². The van der Waals surface area contributed by atoms with Crippen molar-refractivity contribution in [2.45, 2.75) is 6.92 Å². The lowest BCUT2D eigenvalue weighted by Gasteiger charge is -2.03. The topological polar surface area (TPSA) is 87.3 Å². The van der Waals surface area contributed by atoms with Gasteiger partial charge in [0.2, 0.25) is 5.82 Å². The van der Waals surface area contributed by atoms with E-state index in [2.05, 4.69) is 5.10 Å². The number of hydrogen-bond acceptors (Lipinski definition) is 5. The summed E-state index contributed by atoms with van der Waals surface area (Å²) in [5, 5.41) is 14.7. The Bertz CT molecular complexity index is 668. The molecule has 1 heterocycles. The van der Waals surface area contributed by atoms with Crippen molar-refractivity contribution in [1.29, 1.82) is 0 Å². The molecule has 0 saturated heterocycles. The summed E-state index contributed by atoms with van der Waals surface area (Å²) >= 11 is 0.